The Bertz CT molecular complexity index is 1280. The fraction of sp³-hybridized carbons (Fsp3) is 0.0952. The predicted molar refractivity (Wildman–Crippen MR) is 123 cm³/mol. The zero-order valence-corrected chi connectivity index (χ0v) is 18.2. The van der Waals surface area contributed by atoms with Crippen molar-refractivity contribution in [3.8, 4) is 22.6 Å². The Morgan fingerprint density at radius 1 is 1.12 bits per heavy atom. The SMILES string of the molecule is Cc1c[nH]c(-c2cnc([CH]CNc3ccc([N+](=O)[O-])cn3)nc2-c2ccc(Cl)cc2Cl)n1. The van der Waals surface area contributed by atoms with Crippen LogP contribution in [0.3, 0.4) is 0 Å². The Hall–Kier alpha value is -3.56. The minimum atomic E-state index is -0.498. The van der Waals surface area contributed by atoms with Crippen LogP contribution in [-0.4, -0.2) is 36.4 Å². The Morgan fingerprint density at radius 2 is 1.97 bits per heavy atom. The lowest BCUT2D eigenvalue weighted by Gasteiger charge is -2.11. The quantitative estimate of drug-likeness (QED) is 0.285. The third-order valence-corrected chi connectivity index (χ3v) is 5.03. The van der Waals surface area contributed by atoms with E-state index in [1.54, 1.807) is 37.0 Å². The summed E-state index contributed by atoms with van der Waals surface area (Å²) in [6.07, 6.45) is 6.44. The van der Waals surface area contributed by atoms with E-state index >= 15 is 0 Å². The van der Waals surface area contributed by atoms with Crippen molar-refractivity contribution in [1.29, 1.82) is 0 Å². The minimum absolute atomic E-state index is 0.0731. The van der Waals surface area contributed by atoms with Gasteiger partial charge >= 0.3 is 0 Å². The van der Waals surface area contributed by atoms with Crippen LogP contribution in [0.25, 0.3) is 22.6 Å². The van der Waals surface area contributed by atoms with Crippen LogP contribution in [-0.2, 0) is 0 Å². The third kappa shape index (κ3) is 4.84. The van der Waals surface area contributed by atoms with Crippen molar-refractivity contribution >= 4 is 34.7 Å². The fourth-order valence-corrected chi connectivity index (χ4v) is 3.45. The zero-order chi connectivity index (χ0) is 22.7. The van der Waals surface area contributed by atoms with Crippen molar-refractivity contribution in [3.63, 3.8) is 0 Å². The average Bonchev–Trinajstić information content (AvgIpc) is 3.20. The summed E-state index contributed by atoms with van der Waals surface area (Å²) in [6, 6.07) is 8.12. The van der Waals surface area contributed by atoms with Crippen molar-refractivity contribution in [2.45, 2.75) is 6.92 Å². The Balaban J connectivity index is 1.59. The second kappa shape index (κ2) is 9.29. The van der Waals surface area contributed by atoms with Gasteiger partial charge < -0.3 is 10.3 Å². The van der Waals surface area contributed by atoms with Crippen LogP contribution in [0.15, 0.2) is 48.9 Å². The molecule has 32 heavy (non-hydrogen) atoms. The highest BCUT2D eigenvalue weighted by Gasteiger charge is 2.17. The van der Waals surface area contributed by atoms with Gasteiger partial charge in [0.1, 0.15) is 23.7 Å². The number of anilines is 1. The minimum Gasteiger partial charge on any atom is -0.369 e. The molecule has 1 radical (unpaired) electrons. The maximum Gasteiger partial charge on any atom is 0.287 e. The molecular formula is C21H16Cl2N7O2. The number of hydrogen-bond donors (Lipinski definition) is 2. The number of aromatic amines is 1. The van der Waals surface area contributed by atoms with Gasteiger partial charge in [0.2, 0.25) is 0 Å². The number of rotatable bonds is 7. The standard InChI is InChI=1S/C21H16Cl2N7O2/c1-12-9-27-21(28-12)16-11-26-19(29-20(16)15-4-2-13(22)8-17(15)23)6-7-24-18-5-3-14(10-25-18)30(31)32/h2-6,8-11H,7H2,1H3,(H,24,25)(H,27,28). The molecule has 0 aliphatic rings. The highest BCUT2D eigenvalue weighted by atomic mass is 35.5. The van der Waals surface area contributed by atoms with E-state index in [4.69, 9.17) is 23.2 Å². The van der Waals surface area contributed by atoms with E-state index in [9.17, 15) is 10.1 Å². The van der Waals surface area contributed by atoms with E-state index in [0.717, 1.165) is 5.69 Å². The van der Waals surface area contributed by atoms with E-state index in [2.05, 4.69) is 30.2 Å². The molecule has 4 rings (SSSR count). The summed E-state index contributed by atoms with van der Waals surface area (Å²) < 4.78 is 0. The largest absolute Gasteiger partial charge is 0.369 e. The summed E-state index contributed by atoms with van der Waals surface area (Å²) in [6.45, 7) is 2.24. The van der Waals surface area contributed by atoms with Gasteiger partial charge in [-0.2, -0.15) is 0 Å². The molecular weight excluding hydrogens is 453 g/mol. The van der Waals surface area contributed by atoms with Crippen molar-refractivity contribution in [3.05, 3.63) is 87.0 Å². The number of aromatic nitrogens is 5. The first-order valence-corrected chi connectivity index (χ1v) is 10.2. The van der Waals surface area contributed by atoms with Crippen LogP contribution in [0.4, 0.5) is 11.5 Å². The smallest absolute Gasteiger partial charge is 0.287 e. The van der Waals surface area contributed by atoms with Crippen LogP contribution >= 0.6 is 23.2 Å². The van der Waals surface area contributed by atoms with Gasteiger partial charge in [-0.25, -0.2) is 19.9 Å². The summed E-state index contributed by atoms with van der Waals surface area (Å²) in [5, 5.41) is 14.8. The van der Waals surface area contributed by atoms with E-state index in [-0.39, 0.29) is 5.69 Å². The molecule has 0 saturated carbocycles. The van der Waals surface area contributed by atoms with Gasteiger partial charge in [0.25, 0.3) is 5.69 Å². The molecule has 1 aromatic carbocycles. The number of pyridine rings is 1. The normalized spacial score (nSPS) is 10.8. The monoisotopic (exact) mass is 468 g/mol. The third-order valence-electron chi connectivity index (χ3n) is 4.48. The van der Waals surface area contributed by atoms with Crippen LogP contribution in [0.2, 0.25) is 10.0 Å². The molecule has 0 amide bonds. The summed E-state index contributed by atoms with van der Waals surface area (Å²) in [4.78, 5) is 31.0. The number of H-pyrrole nitrogens is 1. The molecule has 11 heteroatoms. The maximum absolute atomic E-state index is 10.7. The summed E-state index contributed by atoms with van der Waals surface area (Å²) in [5.41, 5.74) is 2.77. The van der Waals surface area contributed by atoms with Crippen molar-refractivity contribution in [2.24, 2.45) is 0 Å². The van der Waals surface area contributed by atoms with Crippen molar-refractivity contribution in [1.82, 2.24) is 24.9 Å². The first kappa shape index (κ1) is 21.7. The van der Waals surface area contributed by atoms with Gasteiger partial charge in [-0.15, -0.1) is 0 Å². The number of halogens is 2. The molecule has 0 aliphatic carbocycles. The molecule has 0 spiro atoms. The van der Waals surface area contributed by atoms with Crippen LogP contribution in [0.1, 0.15) is 11.5 Å². The number of nitrogens with one attached hydrogen (secondary N) is 2. The number of imidazole rings is 1. The summed E-state index contributed by atoms with van der Waals surface area (Å²) in [7, 11) is 0. The number of aryl methyl sites for hydroxylation is 1. The summed E-state index contributed by atoms with van der Waals surface area (Å²) >= 11 is 12.5. The van der Waals surface area contributed by atoms with Crippen LogP contribution in [0.5, 0.6) is 0 Å². The molecule has 3 heterocycles. The highest BCUT2D eigenvalue weighted by molar-refractivity contribution is 6.36. The van der Waals surface area contributed by atoms with E-state index in [1.807, 2.05) is 6.92 Å². The predicted octanol–water partition coefficient (Wildman–Crippen LogP) is 5.12. The zero-order valence-electron chi connectivity index (χ0n) is 16.7. The number of benzene rings is 1. The van der Waals surface area contributed by atoms with Gasteiger partial charge in [-0.3, -0.25) is 10.1 Å². The second-order valence-corrected chi connectivity index (χ2v) is 7.59. The van der Waals surface area contributed by atoms with Gasteiger partial charge in [0, 0.05) is 42.0 Å². The maximum atomic E-state index is 10.7. The van der Waals surface area contributed by atoms with Gasteiger partial charge in [0.15, 0.2) is 0 Å². The van der Waals surface area contributed by atoms with Gasteiger partial charge in [0.05, 0.1) is 26.9 Å². The van der Waals surface area contributed by atoms with Crippen molar-refractivity contribution in [2.75, 3.05) is 11.9 Å². The van der Waals surface area contributed by atoms with E-state index < -0.39 is 4.92 Å². The summed E-state index contributed by atoms with van der Waals surface area (Å²) in [5.74, 6) is 1.59. The van der Waals surface area contributed by atoms with Crippen molar-refractivity contribution < 1.29 is 4.92 Å². The molecule has 4 aromatic rings. The molecule has 9 nitrogen and oxygen atoms in total. The molecule has 0 saturated heterocycles. The number of nitrogens with zero attached hydrogens (tertiary/aromatic N) is 5. The van der Waals surface area contributed by atoms with Crippen LogP contribution in [0, 0.1) is 23.5 Å². The molecule has 0 atom stereocenters. The molecule has 0 bridgehead atoms. The lowest BCUT2D eigenvalue weighted by Crippen LogP contribution is -2.08. The molecule has 2 N–H and O–H groups in total. The van der Waals surface area contributed by atoms with E-state index in [1.165, 1.54) is 18.3 Å². The lowest BCUT2D eigenvalue weighted by atomic mass is 10.1. The first-order valence-electron chi connectivity index (χ1n) is 9.43. The topological polar surface area (TPSA) is 123 Å². The number of nitro groups is 1. The molecule has 3 aromatic heterocycles. The fourth-order valence-electron chi connectivity index (χ4n) is 2.95. The first-order chi connectivity index (χ1) is 15.4. The molecule has 0 aliphatic heterocycles. The Morgan fingerprint density at radius 3 is 2.62 bits per heavy atom. The Kier molecular flexibility index (Phi) is 6.29. The van der Waals surface area contributed by atoms with Crippen LogP contribution < -0.4 is 5.32 Å². The second-order valence-electron chi connectivity index (χ2n) is 6.75. The van der Waals surface area contributed by atoms with Gasteiger partial charge in [-0.05, 0) is 31.2 Å². The van der Waals surface area contributed by atoms with E-state index in [0.29, 0.717) is 50.9 Å². The van der Waals surface area contributed by atoms with Gasteiger partial charge in [-0.1, -0.05) is 23.2 Å². The average molecular weight is 469 g/mol. The Labute approximate surface area is 193 Å². The number of hydrogen-bond acceptors (Lipinski definition) is 7. The highest BCUT2D eigenvalue weighted by Crippen LogP contribution is 2.34. The molecule has 0 unspecified atom stereocenters. The molecule has 161 valence electrons. The molecule has 0 fully saturated rings. The lowest BCUT2D eigenvalue weighted by molar-refractivity contribution is -0.385.